The van der Waals surface area contributed by atoms with E-state index in [9.17, 15) is 4.79 Å². The van der Waals surface area contributed by atoms with Gasteiger partial charge in [-0.15, -0.1) is 0 Å². The lowest BCUT2D eigenvalue weighted by atomic mass is 10.1. The predicted octanol–water partition coefficient (Wildman–Crippen LogP) is 1.83. The third-order valence-electron chi connectivity index (χ3n) is 2.79. The van der Waals surface area contributed by atoms with Gasteiger partial charge in [0.2, 0.25) is 5.91 Å². The number of halogens is 1. The fraction of sp³-hybridized carbons (Fsp3) is 0.231. The van der Waals surface area contributed by atoms with Crippen molar-refractivity contribution in [2.75, 3.05) is 12.4 Å². The first-order valence-electron chi connectivity index (χ1n) is 5.90. The summed E-state index contributed by atoms with van der Waals surface area (Å²) in [7, 11) is 3.35. The molecule has 0 bridgehead atoms. The summed E-state index contributed by atoms with van der Waals surface area (Å²) >= 11 is 3.36. The van der Waals surface area contributed by atoms with Crippen LogP contribution < -0.4 is 15.8 Å². The minimum atomic E-state index is -0.760. The summed E-state index contributed by atoms with van der Waals surface area (Å²) in [6.45, 7) is 0. The highest BCUT2D eigenvalue weighted by atomic mass is 79.9. The molecule has 106 valence electrons. The molecule has 1 aromatic carbocycles. The molecule has 0 saturated carbocycles. The van der Waals surface area contributed by atoms with Gasteiger partial charge in [-0.3, -0.25) is 9.48 Å². The Labute approximate surface area is 125 Å². The van der Waals surface area contributed by atoms with Crippen LogP contribution in [0, 0.1) is 0 Å². The van der Waals surface area contributed by atoms with Gasteiger partial charge in [-0.05, 0) is 34.1 Å². The van der Waals surface area contributed by atoms with Gasteiger partial charge in [0, 0.05) is 24.5 Å². The molecule has 2 aromatic rings. The Balaban J connectivity index is 2.09. The number of aryl methyl sites for hydroxylation is 1. The number of rotatable bonds is 4. The van der Waals surface area contributed by atoms with Crippen LogP contribution in [0.4, 0.5) is 5.69 Å². The number of amides is 1. The molecule has 0 aliphatic heterocycles. The van der Waals surface area contributed by atoms with Gasteiger partial charge in [-0.25, -0.2) is 0 Å². The minimum Gasteiger partial charge on any atom is -0.496 e. The Morgan fingerprint density at radius 3 is 2.85 bits per heavy atom. The number of benzene rings is 1. The van der Waals surface area contributed by atoms with Crippen molar-refractivity contribution in [2.24, 2.45) is 12.8 Å². The van der Waals surface area contributed by atoms with E-state index in [1.165, 1.54) is 0 Å². The summed E-state index contributed by atoms with van der Waals surface area (Å²) in [6.07, 6.45) is 3.29. The van der Waals surface area contributed by atoms with Crippen molar-refractivity contribution in [3.05, 3.63) is 40.6 Å². The van der Waals surface area contributed by atoms with Crippen LogP contribution >= 0.6 is 15.9 Å². The molecule has 6 nitrogen and oxygen atoms in total. The Kier molecular flexibility index (Phi) is 4.41. The average molecular weight is 339 g/mol. The van der Waals surface area contributed by atoms with Crippen LogP contribution in [0.15, 0.2) is 35.1 Å². The van der Waals surface area contributed by atoms with Gasteiger partial charge in [0.05, 0.1) is 17.8 Å². The number of carbonyl (C=O) groups excluding carboxylic acids is 1. The monoisotopic (exact) mass is 338 g/mol. The molecule has 0 aliphatic carbocycles. The Bertz CT molecular complexity index is 627. The second-order valence-corrected chi connectivity index (χ2v) is 5.12. The van der Waals surface area contributed by atoms with E-state index in [-0.39, 0.29) is 5.91 Å². The van der Waals surface area contributed by atoms with E-state index >= 15 is 0 Å². The van der Waals surface area contributed by atoms with E-state index < -0.39 is 6.04 Å². The number of anilines is 1. The third-order valence-corrected chi connectivity index (χ3v) is 3.41. The Morgan fingerprint density at radius 2 is 2.30 bits per heavy atom. The van der Waals surface area contributed by atoms with Crippen molar-refractivity contribution in [3.63, 3.8) is 0 Å². The number of aromatic nitrogens is 2. The molecule has 3 N–H and O–H groups in total. The quantitative estimate of drug-likeness (QED) is 0.890. The van der Waals surface area contributed by atoms with E-state index in [1.54, 1.807) is 49.4 Å². The highest BCUT2D eigenvalue weighted by Gasteiger charge is 2.17. The molecular weight excluding hydrogens is 324 g/mol. The SMILES string of the molecule is COc1ccc(NC(=O)C(N)c2cnn(C)c2)cc1Br. The zero-order valence-electron chi connectivity index (χ0n) is 11.1. The molecule has 1 heterocycles. The van der Waals surface area contributed by atoms with Crippen LogP contribution in [0.2, 0.25) is 0 Å². The maximum Gasteiger partial charge on any atom is 0.246 e. The molecule has 1 atom stereocenters. The van der Waals surface area contributed by atoms with Crippen LogP contribution in [0.1, 0.15) is 11.6 Å². The Morgan fingerprint density at radius 1 is 1.55 bits per heavy atom. The van der Waals surface area contributed by atoms with E-state index in [2.05, 4.69) is 26.3 Å². The molecule has 1 aromatic heterocycles. The molecule has 0 radical (unpaired) electrons. The first-order chi connectivity index (χ1) is 9.51. The molecule has 1 unspecified atom stereocenters. The van der Waals surface area contributed by atoms with Gasteiger partial charge in [0.25, 0.3) is 0 Å². The number of hydrogen-bond donors (Lipinski definition) is 2. The summed E-state index contributed by atoms with van der Waals surface area (Å²) < 4.78 is 7.49. The van der Waals surface area contributed by atoms with Gasteiger partial charge < -0.3 is 15.8 Å². The fourth-order valence-electron chi connectivity index (χ4n) is 1.72. The van der Waals surface area contributed by atoms with Crippen LogP contribution in [0.3, 0.4) is 0 Å². The molecule has 1 amide bonds. The van der Waals surface area contributed by atoms with Gasteiger partial charge in [0.1, 0.15) is 11.8 Å². The number of hydrogen-bond acceptors (Lipinski definition) is 4. The Hall–Kier alpha value is -1.86. The van der Waals surface area contributed by atoms with Gasteiger partial charge in [-0.1, -0.05) is 0 Å². The van der Waals surface area contributed by atoms with Gasteiger partial charge in [-0.2, -0.15) is 5.10 Å². The molecular formula is C13H15BrN4O2. The van der Waals surface area contributed by atoms with Crippen molar-refractivity contribution in [1.82, 2.24) is 9.78 Å². The summed E-state index contributed by atoms with van der Waals surface area (Å²) in [5.74, 6) is 0.398. The van der Waals surface area contributed by atoms with Crippen molar-refractivity contribution >= 4 is 27.5 Å². The molecule has 0 saturated heterocycles. The minimum absolute atomic E-state index is 0.296. The second-order valence-electron chi connectivity index (χ2n) is 4.26. The topological polar surface area (TPSA) is 82.2 Å². The number of carbonyl (C=O) groups is 1. The molecule has 7 heteroatoms. The smallest absolute Gasteiger partial charge is 0.246 e. The number of nitrogens with two attached hydrogens (primary N) is 1. The number of ether oxygens (including phenoxy) is 1. The second kappa shape index (κ2) is 6.06. The first kappa shape index (κ1) is 14.5. The number of nitrogens with zero attached hydrogens (tertiary/aromatic N) is 2. The summed E-state index contributed by atoms with van der Waals surface area (Å²) in [5.41, 5.74) is 7.20. The van der Waals surface area contributed by atoms with Gasteiger partial charge in [0.15, 0.2) is 0 Å². The van der Waals surface area contributed by atoms with Crippen LogP contribution in [0.25, 0.3) is 0 Å². The molecule has 0 fully saturated rings. The lowest BCUT2D eigenvalue weighted by Crippen LogP contribution is -2.27. The molecule has 0 aliphatic rings. The standard InChI is InChI=1S/C13H15BrN4O2/c1-18-7-8(6-16-18)12(15)13(19)17-9-3-4-11(20-2)10(14)5-9/h3-7,12H,15H2,1-2H3,(H,17,19). The number of nitrogens with one attached hydrogen (secondary N) is 1. The molecule has 0 spiro atoms. The fourth-order valence-corrected chi connectivity index (χ4v) is 2.26. The average Bonchev–Trinajstić information content (AvgIpc) is 2.84. The van der Waals surface area contributed by atoms with Crippen LogP contribution in [-0.2, 0) is 11.8 Å². The van der Waals surface area contributed by atoms with Crippen molar-refractivity contribution in [2.45, 2.75) is 6.04 Å². The highest BCUT2D eigenvalue weighted by molar-refractivity contribution is 9.10. The summed E-state index contributed by atoms with van der Waals surface area (Å²) in [4.78, 5) is 12.1. The normalized spacial score (nSPS) is 12.0. The highest BCUT2D eigenvalue weighted by Crippen LogP contribution is 2.28. The van der Waals surface area contributed by atoms with E-state index in [4.69, 9.17) is 10.5 Å². The lowest BCUT2D eigenvalue weighted by molar-refractivity contribution is -0.117. The van der Waals surface area contributed by atoms with Gasteiger partial charge >= 0.3 is 0 Å². The molecule has 20 heavy (non-hydrogen) atoms. The summed E-state index contributed by atoms with van der Waals surface area (Å²) in [5, 5.41) is 6.75. The molecule has 2 rings (SSSR count). The van der Waals surface area contributed by atoms with Crippen LogP contribution in [-0.4, -0.2) is 22.8 Å². The van der Waals surface area contributed by atoms with Crippen molar-refractivity contribution < 1.29 is 9.53 Å². The largest absolute Gasteiger partial charge is 0.496 e. The van der Waals surface area contributed by atoms with Crippen LogP contribution in [0.5, 0.6) is 5.75 Å². The lowest BCUT2D eigenvalue weighted by Gasteiger charge is -2.12. The van der Waals surface area contributed by atoms with E-state index in [1.807, 2.05) is 0 Å². The van der Waals surface area contributed by atoms with E-state index in [0.717, 1.165) is 4.47 Å². The van der Waals surface area contributed by atoms with E-state index in [0.29, 0.717) is 17.0 Å². The maximum absolute atomic E-state index is 12.1. The third kappa shape index (κ3) is 3.17. The zero-order chi connectivity index (χ0) is 14.7. The predicted molar refractivity (Wildman–Crippen MR) is 79.5 cm³/mol. The zero-order valence-corrected chi connectivity index (χ0v) is 12.7. The summed E-state index contributed by atoms with van der Waals surface area (Å²) in [6, 6.07) is 4.50. The van der Waals surface area contributed by atoms with Crippen molar-refractivity contribution in [1.29, 1.82) is 0 Å². The van der Waals surface area contributed by atoms with Crippen molar-refractivity contribution in [3.8, 4) is 5.75 Å². The first-order valence-corrected chi connectivity index (χ1v) is 6.69. The maximum atomic E-state index is 12.1. The number of methoxy groups -OCH3 is 1.